The second-order valence-electron chi connectivity index (χ2n) is 10.0. The van der Waals surface area contributed by atoms with E-state index in [-0.39, 0.29) is 5.56 Å². The van der Waals surface area contributed by atoms with Crippen LogP contribution in [-0.4, -0.2) is 52.2 Å². The summed E-state index contributed by atoms with van der Waals surface area (Å²) in [6, 6.07) is 14.0. The molecule has 1 aromatic carbocycles. The van der Waals surface area contributed by atoms with Crippen LogP contribution in [0.2, 0.25) is 0 Å². The number of hydrogen-bond acceptors (Lipinski definition) is 7. The second kappa shape index (κ2) is 11.6. The van der Waals surface area contributed by atoms with Crippen LogP contribution in [0.25, 0.3) is 39.1 Å². The number of aliphatic imine (C=N–C) groups is 1. The highest BCUT2D eigenvalue weighted by Gasteiger charge is 2.21. The molecule has 43 heavy (non-hydrogen) atoms. The molecule has 0 saturated heterocycles. The lowest BCUT2D eigenvalue weighted by Gasteiger charge is -2.13. The molecule has 0 fully saturated rings. The smallest absolute Gasteiger partial charge is 0.258 e. The molecule has 7 rings (SSSR count). The van der Waals surface area contributed by atoms with Crippen molar-refractivity contribution < 1.29 is 0 Å². The minimum atomic E-state index is -0.120. The van der Waals surface area contributed by atoms with Gasteiger partial charge in [0.2, 0.25) is 0 Å². The van der Waals surface area contributed by atoms with Gasteiger partial charge in [0, 0.05) is 30.8 Å². The number of nitrogens with zero attached hydrogens (tertiary/aromatic N) is 8. The Morgan fingerprint density at radius 1 is 1.09 bits per heavy atom. The maximum Gasteiger partial charge on any atom is 0.258 e. The first-order valence-electron chi connectivity index (χ1n) is 13.8. The Hall–Kier alpha value is -5.71. The number of nitrogens with two attached hydrogens (primary N) is 1. The van der Waals surface area contributed by atoms with E-state index in [0.29, 0.717) is 28.1 Å². The van der Waals surface area contributed by atoms with Gasteiger partial charge >= 0.3 is 0 Å². The summed E-state index contributed by atoms with van der Waals surface area (Å²) in [7, 11) is 1.67. The zero-order valence-electron chi connectivity index (χ0n) is 23.9. The van der Waals surface area contributed by atoms with Crippen molar-refractivity contribution in [2.45, 2.75) is 26.2 Å². The summed E-state index contributed by atoms with van der Waals surface area (Å²) in [6.07, 6.45) is 13.5. The first-order valence-corrected chi connectivity index (χ1v) is 13.8. The Balaban J connectivity index is 0.000000229. The fraction of sp³-hybridized carbons (Fsp3) is 0.156. The van der Waals surface area contributed by atoms with E-state index < -0.39 is 0 Å². The first kappa shape index (κ1) is 27.5. The lowest BCUT2D eigenvalue weighted by molar-refractivity contribution is 0.848. The quantitative estimate of drug-likeness (QED) is 0.179. The van der Waals surface area contributed by atoms with Gasteiger partial charge in [-0.05, 0) is 79.8 Å². The Kier molecular flexibility index (Phi) is 7.44. The normalized spacial score (nSPS) is 13.2. The van der Waals surface area contributed by atoms with E-state index in [1.807, 2.05) is 42.0 Å². The number of benzene rings is 1. The van der Waals surface area contributed by atoms with E-state index in [9.17, 15) is 4.79 Å². The molecule has 0 atom stereocenters. The average Bonchev–Trinajstić information content (AvgIpc) is 3.80. The average molecular weight is 571 g/mol. The topological polar surface area (TPSA) is 146 Å². The predicted octanol–water partition coefficient (Wildman–Crippen LogP) is 4.28. The van der Waals surface area contributed by atoms with Gasteiger partial charge in [0.25, 0.3) is 5.56 Å². The SMILES string of the molecule is C=C/C=C(\C(N)=NC)c1nc2ccc(-n3cccn3)nc2n1-c1ccc2c(c1)CCC2.Cc1cc2c(=O)[nH]cnc2cn1. The van der Waals surface area contributed by atoms with E-state index in [1.54, 1.807) is 36.3 Å². The van der Waals surface area contributed by atoms with Gasteiger partial charge in [-0.3, -0.25) is 19.3 Å². The van der Waals surface area contributed by atoms with E-state index in [0.717, 1.165) is 41.2 Å². The van der Waals surface area contributed by atoms with Crippen molar-refractivity contribution in [1.82, 2.24) is 39.3 Å². The first-order chi connectivity index (χ1) is 21.0. The van der Waals surface area contributed by atoms with Crippen molar-refractivity contribution in [2.24, 2.45) is 10.7 Å². The molecule has 11 heteroatoms. The molecular weight excluding hydrogens is 540 g/mol. The molecule has 0 radical (unpaired) electrons. The summed E-state index contributed by atoms with van der Waals surface area (Å²) in [5.41, 5.74) is 13.6. The van der Waals surface area contributed by atoms with Crippen molar-refractivity contribution in [3.8, 4) is 11.5 Å². The number of hydrogen-bond donors (Lipinski definition) is 2. The van der Waals surface area contributed by atoms with Crippen molar-refractivity contribution in [3.63, 3.8) is 0 Å². The number of fused-ring (bicyclic) bond motifs is 3. The number of allylic oxidation sites excluding steroid dienone is 2. The Bertz CT molecular complexity index is 2080. The monoisotopic (exact) mass is 570 g/mol. The van der Waals surface area contributed by atoms with Crippen LogP contribution in [0.5, 0.6) is 0 Å². The summed E-state index contributed by atoms with van der Waals surface area (Å²) in [5, 5.41) is 4.90. The molecular formula is C32H30N10O. The van der Waals surface area contributed by atoms with Crippen molar-refractivity contribution >= 4 is 33.5 Å². The summed E-state index contributed by atoms with van der Waals surface area (Å²) in [4.78, 5) is 35.7. The number of imidazole rings is 1. The predicted molar refractivity (Wildman–Crippen MR) is 169 cm³/mol. The van der Waals surface area contributed by atoms with Crippen molar-refractivity contribution in [1.29, 1.82) is 0 Å². The molecule has 5 aromatic heterocycles. The molecule has 0 spiro atoms. The summed E-state index contributed by atoms with van der Waals surface area (Å²) in [6.45, 7) is 5.68. The van der Waals surface area contributed by atoms with Crippen LogP contribution >= 0.6 is 0 Å². The molecule has 5 heterocycles. The maximum atomic E-state index is 11.2. The van der Waals surface area contributed by atoms with Gasteiger partial charge in [-0.25, -0.2) is 19.6 Å². The third kappa shape index (κ3) is 5.35. The van der Waals surface area contributed by atoms with Crippen LogP contribution in [0.15, 0.2) is 95.9 Å². The molecule has 0 amide bonds. The summed E-state index contributed by atoms with van der Waals surface area (Å²) in [5.74, 6) is 1.80. The van der Waals surface area contributed by atoms with Gasteiger partial charge in [-0.2, -0.15) is 5.10 Å². The number of aromatic amines is 1. The Labute approximate surface area is 247 Å². The molecule has 0 aliphatic heterocycles. The van der Waals surface area contributed by atoms with Crippen molar-refractivity contribution in [2.75, 3.05) is 7.05 Å². The highest BCUT2D eigenvalue weighted by Crippen LogP contribution is 2.30. The van der Waals surface area contributed by atoms with Crippen LogP contribution in [0.3, 0.4) is 0 Å². The standard InChI is InChI=1S/C24H23N7.C8H7N3O/c1-3-6-19(22(25)26-2)23-28-20-11-12-21(30-14-5-13-27-30)29-24(20)31(23)18-10-9-16-7-4-8-17(16)15-18;1-5-2-6-7(3-9-5)10-4-11-8(6)12/h3,5-6,9-15H,1,4,7-8H2,2H3,(H2,25,26);2-4H,1H3,(H,10,11,12)/b19-6+;. The molecule has 1 aliphatic carbocycles. The van der Waals surface area contributed by atoms with Gasteiger partial charge < -0.3 is 10.7 Å². The van der Waals surface area contributed by atoms with Gasteiger partial charge in [-0.1, -0.05) is 18.7 Å². The third-order valence-corrected chi connectivity index (χ3v) is 7.28. The molecule has 0 bridgehead atoms. The molecule has 214 valence electrons. The van der Waals surface area contributed by atoms with Crippen LogP contribution in [0.4, 0.5) is 0 Å². The molecule has 6 aromatic rings. The fourth-order valence-corrected chi connectivity index (χ4v) is 5.19. The van der Waals surface area contributed by atoms with E-state index in [4.69, 9.17) is 15.7 Å². The van der Waals surface area contributed by atoms with Crippen LogP contribution in [0, 0.1) is 6.92 Å². The number of H-pyrrole nitrogens is 1. The summed E-state index contributed by atoms with van der Waals surface area (Å²) >= 11 is 0. The molecule has 0 unspecified atom stereocenters. The molecule has 1 aliphatic rings. The maximum absolute atomic E-state index is 11.2. The van der Waals surface area contributed by atoms with Crippen LogP contribution in [-0.2, 0) is 12.8 Å². The molecule has 11 nitrogen and oxygen atoms in total. The van der Waals surface area contributed by atoms with Crippen LogP contribution in [0.1, 0.15) is 29.1 Å². The second-order valence-corrected chi connectivity index (χ2v) is 10.0. The molecule has 3 N–H and O–H groups in total. The van der Waals surface area contributed by atoms with Crippen molar-refractivity contribution in [3.05, 3.63) is 119 Å². The zero-order chi connectivity index (χ0) is 29.9. The number of aryl methyl sites for hydroxylation is 3. The number of pyridine rings is 2. The lowest BCUT2D eigenvalue weighted by Crippen LogP contribution is -2.17. The van der Waals surface area contributed by atoms with Gasteiger partial charge in [0.15, 0.2) is 17.3 Å². The minimum absolute atomic E-state index is 0.120. The minimum Gasteiger partial charge on any atom is -0.383 e. The third-order valence-electron chi connectivity index (χ3n) is 7.28. The largest absolute Gasteiger partial charge is 0.383 e. The van der Waals surface area contributed by atoms with E-state index in [1.165, 1.54) is 23.9 Å². The van der Waals surface area contributed by atoms with E-state index >= 15 is 0 Å². The fourth-order valence-electron chi connectivity index (χ4n) is 5.19. The Morgan fingerprint density at radius 2 is 1.95 bits per heavy atom. The van der Waals surface area contributed by atoms with Gasteiger partial charge in [-0.15, -0.1) is 0 Å². The highest BCUT2D eigenvalue weighted by atomic mass is 16.1. The molecule has 0 saturated carbocycles. The van der Waals surface area contributed by atoms with Gasteiger partial charge in [0.1, 0.15) is 11.4 Å². The highest BCUT2D eigenvalue weighted by molar-refractivity contribution is 6.21. The Morgan fingerprint density at radius 3 is 2.74 bits per heavy atom. The number of amidine groups is 1. The summed E-state index contributed by atoms with van der Waals surface area (Å²) < 4.78 is 3.79. The number of nitrogens with one attached hydrogen (secondary N) is 1. The zero-order valence-corrected chi connectivity index (χ0v) is 23.9. The number of aromatic nitrogens is 8. The number of rotatable bonds is 5. The lowest BCUT2D eigenvalue weighted by atomic mass is 10.1. The van der Waals surface area contributed by atoms with Crippen LogP contribution < -0.4 is 11.3 Å². The van der Waals surface area contributed by atoms with E-state index in [2.05, 4.69) is 49.8 Å². The van der Waals surface area contributed by atoms with Gasteiger partial charge in [0.05, 0.1) is 29.0 Å².